The Labute approximate surface area is 140 Å². The molecular weight excluding hydrogens is 308 g/mol. The highest BCUT2D eigenvalue weighted by atomic mass is 16.5. The SMILES string of the molecule is CCOc1cccn2c(C(=O)CC3(C(=O)O)CCCC3)c(C)nc12. The van der Waals surface area contributed by atoms with E-state index in [1.807, 2.05) is 13.0 Å². The largest absolute Gasteiger partial charge is 0.490 e. The minimum absolute atomic E-state index is 0.0236. The normalized spacial score (nSPS) is 16.4. The van der Waals surface area contributed by atoms with Gasteiger partial charge in [-0.3, -0.25) is 14.0 Å². The number of Topliss-reactive ketones (excluding diaryl/α,β-unsaturated/α-hetero) is 1. The lowest BCUT2D eigenvalue weighted by Gasteiger charge is -2.22. The van der Waals surface area contributed by atoms with Gasteiger partial charge in [-0.15, -0.1) is 0 Å². The summed E-state index contributed by atoms with van der Waals surface area (Å²) >= 11 is 0. The Morgan fingerprint density at radius 3 is 2.71 bits per heavy atom. The van der Waals surface area contributed by atoms with Gasteiger partial charge in [-0.1, -0.05) is 12.8 Å². The molecule has 1 aliphatic carbocycles. The average molecular weight is 330 g/mol. The van der Waals surface area contributed by atoms with Crippen molar-refractivity contribution in [2.75, 3.05) is 6.61 Å². The summed E-state index contributed by atoms with van der Waals surface area (Å²) < 4.78 is 7.29. The first-order chi connectivity index (χ1) is 11.5. The summed E-state index contributed by atoms with van der Waals surface area (Å²) in [6.45, 7) is 4.18. The predicted molar refractivity (Wildman–Crippen MR) is 88.6 cm³/mol. The third kappa shape index (κ3) is 2.66. The smallest absolute Gasteiger partial charge is 0.310 e. The molecule has 24 heavy (non-hydrogen) atoms. The first-order valence-electron chi connectivity index (χ1n) is 8.35. The van der Waals surface area contributed by atoms with Gasteiger partial charge in [0.15, 0.2) is 17.2 Å². The van der Waals surface area contributed by atoms with Gasteiger partial charge in [-0.05, 0) is 38.8 Å². The zero-order valence-corrected chi connectivity index (χ0v) is 14.0. The fourth-order valence-corrected chi connectivity index (χ4v) is 3.67. The molecule has 1 saturated carbocycles. The van der Waals surface area contributed by atoms with Crippen LogP contribution in [0.5, 0.6) is 5.75 Å². The number of carbonyl (C=O) groups is 2. The van der Waals surface area contributed by atoms with E-state index in [-0.39, 0.29) is 12.2 Å². The van der Waals surface area contributed by atoms with Gasteiger partial charge in [0.2, 0.25) is 0 Å². The third-order valence-corrected chi connectivity index (χ3v) is 4.87. The topological polar surface area (TPSA) is 80.9 Å². The molecule has 0 saturated heterocycles. The molecule has 2 aromatic heterocycles. The lowest BCUT2D eigenvalue weighted by Crippen LogP contribution is -2.31. The number of hydrogen-bond acceptors (Lipinski definition) is 4. The second kappa shape index (κ2) is 6.26. The zero-order valence-electron chi connectivity index (χ0n) is 14.0. The summed E-state index contributed by atoms with van der Waals surface area (Å²) in [6.07, 6.45) is 4.64. The van der Waals surface area contributed by atoms with Crippen molar-refractivity contribution in [3.63, 3.8) is 0 Å². The number of ether oxygens (including phenoxy) is 1. The van der Waals surface area contributed by atoms with E-state index in [9.17, 15) is 14.7 Å². The zero-order chi connectivity index (χ0) is 17.3. The lowest BCUT2D eigenvalue weighted by molar-refractivity contribution is -0.148. The molecule has 128 valence electrons. The quantitative estimate of drug-likeness (QED) is 0.822. The summed E-state index contributed by atoms with van der Waals surface area (Å²) in [7, 11) is 0. The van der Waals surface area contributed by atoms with E-state index >= 15 is 0 Å². The Hall–Kier alpha value is -2.37. The van der Waals surface area contributed by atoms with Crippen LogP contribution in [-0.2, 0) is 4.79 Å². The molecule has 3 rings (SSSR count). The van der Waals surface area contributed by atoms with Crippen LogP contribution >= 0.6 is 0 Å². The van der Waals surface area contributed by atoms with Crippen LogP contribution in [0.15, 0.2) is 18.3 Å². The van der Waals surface area contributed by atoms with Gasteiger partial charge in [-0.25, -0.2) is 4.98 Å². The number of aromatic nitrogens is 2. The van der Waals surface area contributed by atoms with Crippen LogP contribution in [0.3, 0.4) is 0 Å². The molecule has 0 aromatic carbocycles. The van der Waals surface area contributed by atoms with Crippen LogP contribution in [0.4, 0.5) is 0 Å². The Bertz CT molecular complexity index is 788. The van der Waals surface area contributed by atoms with E-state index in [0.717, 1.165) is 12.8 Å². The van der Waals surface area contributed by atoms with E-state index in [0.29, 0.717) is 42.2 Å². The van der Waals surface area contributed by atoms with Crippen LogP contribution in [0.1, 0.15) is 55.2 Å². The maximum Gasteiger partial charge on any atom is 0.310 e. The molecule has 1 aliphatic rings. The van der Waals surface area contributed by atoms with Crippen LogP contribution < -0.4 is 4.74 Å². The summed E-state index contributed by atoms with van der Waals surface area (Å²) in [5.74, 6) is -0.413. The van der Waals surface area contributed by atoms with Gasteiger partial charge >= 0.3 is 5.97 Å². The molecule has 0 radical (unpaired) electrons. The molecule has 2 heterocycles. The Balaban J connectivity index is 2.00. The van der Waals surface area contributed by atoms with Gasteiger partial charge in [0, 0.05) is 12.6 Å². The standard InChI is InChI=1S/C18H22N2O4/c1-3-24-14-7-6-10-20-15(12(2)19-16(14)20)13(21)11-18(17(22)23)8-4-5-9-18/h6-7,10H,3-5,8-9,11H2,1-2H3,(H,22,23). The van der Waals surface area contributed by atoms with E-state index in [4.69, 9.17) is 4.74 Å². The molecule has 1 fully saturated rings. The maximum absolute atomic E-state index is 12.9. The Kier molecular flexibility index (Phi) is 4.30. The number of ketones is 1. The van der Waals surface area contributed by atoms with Crippen molar-refractivity contribution in [2.24, 2.45) is 5.41 Å². The van der Waals surface area contributed by atoms with Crippen LogP contribution in [0.2, 0.25) is 0 Å². The lowest BCUT2D eigenvalue weighted by atomic mass is 9.80. The summed E-state index contributed by atoms with van der Waals surface area (Å²) in [4.78, 5) is 29.1. The average Bonchev–Trinajstić information content (AvgIpc) is 3.12. The number of carbonyl (C=O) groups excluding carboxylic acids is 1. The molecular formula is C18H22N2O4. The van der Waals surface area contributed by atoms with Gasteiger partial charge in [0.1, 0.15) is 5.69 Å². The van der Waals surface area contributed by atoms with Gasteiger partial charge in [0.05, 0.1) is 17.7 Å². The van der Waals surface area contributed by atoms with Crippen molar-refractivity contribution >= 4 is 17.4 Å². The molecule has 6 heteroatoms. The molecule has 1 N–H and O–H groups in total. The second-order valence-corrected chi connectivity index (χ2v) is 6.44. The number of aliphatic carboxylic acids is 1. The van der Waals surface area contributed by atoms with Crippen molar-refractivity contribution in [3.05, 3.63) is 29.7 Å². The highest BCUT2D eigenvalue weighted by molar-refractivity contribution is 5.99. The molecule has 0 amide bonds. The number of aryl methyl sites for hydroxylation is 1. The number of carboxylic acids is 1. The van der Waals surface area contributed by atoms with E-state index in [1.165, 1.54) is 0 Å². The molecule has 6 nitrogen and oxygen atoms in total. The molecule has 0 atom stereocenters. The monoisotopic (exact) mass is 330 g/mol. The van der Waals surface area contributed by atoms with Crippen molar-refractivity contribution < 1.29 is 19.4 Å². The van der Waals surface area contributed by atoms with E-state index < -0.39 is 11.4 Å². The van der Waals surface area contributed by atoms with Crippen molar-refractivity contribution in [1.82, 2.24) is 9.38 Å². The molecule has 0 spiro atoms. The predicted octanol–water partition coefficient (Wildman–Crippen LogP) is 3.26. The number of pyridine rings is 1. The molecule has 0 aliphatic heterocycles. The van der Waals surface area contributed by atoms with Gasteiger partial charge in [-0.2, -0.15) is 0 Å². The van der Waals surface area contributed by atoms with Crippen LogP contribution in [0.25, 0.3) is 5.65 Å². The van der Waals surface area contributed by atoms with E-state index in [1.54, 1.807) is 23.6 Å². The first kappa shape index (κ1) is 16.5. The number of hydrogen-bond donors (Lipinski definition) is 1. The van der Waals surface area contributed by atoms with Crippen molar-refractivity contribution in [3.8, 4) is 5.75 Å². The van der Waals surface area contributed by atoms with Crippen molar-refractivity contribution in [1.29, 1.82) is 0 Å². The fourth-order valence-electron chi connectivity index (χ4n) is 3.67. The van der Waals surface area contributed by atoms with E-state index in [2.05, 4.69) is 4.98 Å². The highest BCUT2D eigenvalue weighted by Crippen LogP contribution is 2.42. The van der Waals surface area contributed by atoms with Gasteiger partial charge < -0.3 is 9.84 Å². The molecule has 0 unspecified atom stereocenters. The fraction of sp³-hybridized carbons (Fsp3) is 0.500. The molecule has 0 bridgehead atoms. The second-order valence-electron chi connectivity index (χ2n) is 6.44. The Morgan fingerprint density at radius 1 is 1.38 bits per heavy atom. The number of fused-ring (bicyclic) bond motifs is 1. The Morgan fingerprint density at radius 2 is 2.08 bits per heavy atom. The summed E-state index contributed by atoms with van der Waals surface area (Å²) in [6, 6.07) is 3.62. The molecule has 2 aromatic rings. The van der Waals surface area contributed by atoms with Crippen molar-refractivity contribution in [2.45, 2.75) is 46.0 Å². The number of carboxylic acid groups (broad SMARTS) is 1. The number of nitrogens with zero attached hydrogens (tertiary/aromatic N) is 2. The minimum Gasteiger partial charge on any atom is -0.490 e. The third-order valence-electron chi connectivity index (χ3n) is 4.87. The van der Waals surface area contributed by atoms with Gasteiger partial charge in [0.25, 0.3) is 0 Å². The van der Waals surface area contributed by atoms with Crippen LogP contribution in [-0.4, -0.2) is 32.9 Å². The highest BCUT2D eigenvalue weighted by Gasteiger charge is 2.43. The van der Waals surface area contributed by atoms with Crippen LogP contribution in [0, 0.1) is 12.3 Å². The minimum atomic E-state index is -0.925. The number of rotatable bonds is 6. The maximum atomic E-state index is 12.9. The summed E-state index contributed by atoms with van der Waals surface area (Å²) in [5.41, 5.74) is 0.728. The number of imidazole rings is 1. The summed E-state index contributed by atoms with van der Waals surface area (Å²) in [5, 5.41) is 9.61. The first-order valence-corrected chi connectivity index (χ1v) is 8.35.